The number of alkyl carbamates (subject to hydrolysis) is 1. The molecular formula is C10H17NO7. The first-order valence-electron chi connectivity index (χ1n) is 5.29. The summed E-state index contributed by atoms with van der Waals surface area (Å²) in [5.74, 6) is -1.19. The predicted molar refractivity (Wildman–Crippen MR) is 58.3 cm³/mol. The molecule has 8 heteroatoms. The molecule has 1 saturated heterocycles. The van der Waals surface area contributed by atoms with Gasteiger partial charge in [0.05, 0.1) is 12.6 Å². The number of nitrogens with one attached hydrogen (secondary N) is 1. The zero-order valence-corrected chi connectivity index (χ0v) is 10.4. The molecule has 8 nitrogen and oxygen atoms in total. The minimum Gasteiger partial charge on any atom is -0.479 e. The second-order valence-electron chi connectivity index (χ2n) is 3.76. The number of carboxylic acids is 1. The van der Waals surface area contributed by atoms with Crippen LogP contribution in [0.5, 0.6) is 0 Å². The molecule has 1 heterocycles. The van der Waals surface area contributed by atoms with Crippen LogP contribution in [-0.4, -0.2) is 69.5 Å². The van der Waals surface area contributed by atoms with E-state index in [1.807, 2.05) is 0 Å². The van der Waals surface area contributed by atoms with Crippen LogP contribution in [-0.2, 0) is 23.7 Å². The van der Waals surface area contributed by atoms with E-state index in [4.69, 9.17) is 24.1 Å². The first-order chi connectivity index (χ1) is 8.54. The highest BCUT2D eigenvalue weighted by Crippen LogP contribution is 2.19. The van der Waals surface area contributed by atoms with Crippen molar-refractivity contribution in [2.45, 2.75) is 24.4 Å². The third-order valence-electron chi connectivity index (χ3n) is 2.69. The number of carboxylic acid groups (broad SMARTS) is 1. The fraction of sp³-hybridized carbons (Fsp3) is 0.800. The van der Waals surface area contributed by atoms with Crippen molar-refractivity contribution >= 4 is 12.1 Å². The maximum atomic E-state index is 11.4. The van der Waals surface area contributed by atoms with E-state index >= 15 is 0 Å². The van der Waals surface area contributed by atoms with E-state index in [2.05, 4.69) is 5.32 Å². The number of carbonyl (C=O) groups is 2. The van der Waals surface area contributed by atoms with Gasteiger partial charge in [0.15, 0.2) is 12.2 Å². The molecule has 1 aliphatic heterocycles. The summed E-state index contributed by atoms with van der Waals surface area (Å²) in [5.41, 5.74) is 0. The van der Waals surface area contributed by atoms with Gasteiger partial charge in [-0.2, -0.15) is 0 Å². The van der Waals surface area contributed by atoms with Crippen molar-refractivity contribution in [1.82, 2.24) is 5.32 Å². The van der Waals surface area contributed by atoms with E-state index < -0.39 is 36.4 Å². The van der Waals surface area contributed by atoms with Crippen LogP contribution in [0, 0.1) is 0 Å². The molecule has 0 bridgehead atoms. The van der Waals surface area contributed by atoms with Crippen molar-refractivity contribution in [3.05, 3.63) is 0 Å². The summed E-state index contributed by atoms with van der Waals surface area (Å²) in [7, 11) is 4.09. The molecular weight excluding hydrogens is 246 g/mol. The van der Waals surface area contributed by atoms with Crippen LogP contribution in [0.2, 0.25) is 0 Å². The molecule has 0 saturated carbocycles. The van der Waals surface area contributed by atoms with Gasteiger partial charge >= 0.3 is 12.1 Å². The van der Waals surface area contributed by atoms with Crippen molar-refractivity contribution < 1.29 is 33.6 Å². The van der Waals surface area contributed by atoms with Gasteiger partial charge in [-0.15, -0.1) is 0 Å². The first-order valence-corrected chi connectivity index (χ1v) is 5.29. The van der Waals surface area contributed by atoms with Gasteiger partial charge in [-0.1, -0.05) is 0 Å². The largest absolute Gasteiger partial charge is 0.479 e. The van der Waals surface area contributed by atoms with Gasteiger partial charge in [0, 0.05) is 21.3 Å². The number of hydrogen-bond donors (Lipinski definition) is 2. The minimum absolute atomic E-state index is 0.110. The fourth-order valence-corrected chi connectivity index (χ4v) is 1.93. The Hall–Kier alpha value is -1.38. The molecule has 4 atom stereocenters. The molecule has 104 valence electrons. The van der Waals surface area contributed by atoms with Crippen molar-refractivity contribution in [2.75, 3.05) is 27.9 Å². The molecule has 2 N–H and O–H groups in total. The lowest BCUT2D eigenvalue weighted by atomic mass is 9.98. The molecule has 0 unspecified atom stereocenters. The SMILES string of the molecule is COC[C@H]1OC(=O)N[C@@H]([C@H](OC)C(=O)O)[C@@H]1OC. The molecule has 1 aliphatic rings. The smallest absolute Gasteiger partial charge is 0.408 e. The average Bonchev–Trinajstić information content (AvgIpc) is 2.29. The molecule has 0 radical (unpaired) electrons. The predicted octanol–water partition coefficient (Wildman–Crippen LogP) is -0.776. The molecule has 0 spiro atoms. The van der Waals surface area contributed by atoms with Crippen LogP contribution < -0.4 is 5.32 Å². The molecule has 0 aromatic rings. The Morgan fingerprint density at radius 2 is 2.17 bits per heavy atom. The number of amides is 1. The molecule has 0 aromatic carbocycles. The number of aliphatic carboxylic acids is 1. The number of cyclic esters (lactones) is 1. The zero-order valence-electron chi connectivity index (χ0n) is 10.4. The molecule has 1 fully saturated rings. The van der Waals surface area contributed by atoms with Crippen molar-refractivity contribution in [3.63, 3.8) is 0 Å². The second kappa shape index (κ2) is 6.53. The van der Waals surface area contributed by atoms with Crippen LogP contribution in [0.1, 0.15) is 0 Å². The molecule has 18 heavy (non-hydrogen) atoms. The van der Waals surface area contributed by atoms with Gasteiger partial charge in [-0.3, -0.25) is 0 Å². The highest BCUT2D eigenvalue weighted by Gasteiger charge is 2.45. The maximum absolute atomic E-state index is 11.4. The molecule has 1 rings (SSSR count). The summed E-state index contributed by atoms with van der Waals surface area (Å²) in [5, 5.41) is 11.4. The van der Waals surface area contributed by atoms with Gasteiger partial charge in [0.25, 0.3) is 0 Å². The second-order valence-corrected chi connectivity index (χ2v) is 3.76. The Kier molecular flexibility index (Phi) is 5.32. The van der Waals surface area contributed by atoms with E-state index in [9.17, 15) is 9.59 Å². The van der Waals surface area contributed by atoms with Gasteiger partial charge in [0.1, 0.15) is 6.10 Å². The average molecular weight is 263 g/mol. The standard InChI is InChI=1S/C10H17NO7/c1-15-4-5-7(16-2)6(11-10(14)18-5)8(17-3)9(12)13/h5-8H,4H2,1-3H3,(H,11,14)(H,12,13)/t5-,6-,7-,8+/m1/s1. The Labute approximate surface area is 104 Å². The van der Waals surface area contributed by atoms with Crippen LogP contribution in [0.25, 0.3) is 0 Å². The maximum Gasteiger partial charge on any atom is 0.408 e. The van der Waals surface area contributed by atoms with E-state index in [-0.39, 0.29) is 6.61 Å². The highest BCUT2D eigenvalue weighted by atomic mass is 16.6. The van der Waals surface area contributed by atoms with Crippen molar-refractivity contribution in [1.29, 1.82) is 0 Å². The Bertz CT molecular complexity index is 309. The summed E-state index contributed by atoms with van der Waals surface area (Å²) in [6, 6.07) is -0.848. The summed E-state index contributed by atoms with van der Waals surface area (Å²) in [4.78, 5) is 22.4. The molecule has 1 amide bonds. The normalized spacial score (nSPS) is 29.3. The summed E-state index contributed by atoms with van der Waals surface area (Å²) < 4.78 is 20.0. The lowest BCUT2D eigenvalue weighted by Gasteiger charge is -2.38. The van der Waals surface area contributed by atoms with E-state index in [1.54, 1.807) is 0 Å². The molecule has 0 aliphatic carbocycles. The third-order valence-corrected chi connectivity index (χ3v) is 2.69. The van der Waals surface area contributed by atoms with Crippen LogP contribution in [0.3, 0.4) is 0 Å². The van der Waals surface area contributed by atoms with Crippen LogP contribution >= 0.6 is 0 Å². The van der Waals surface area contributed by atoms with Gasteiger partial charge in [0.2, 0.25) is 0 Å². The van der Waals surface area contributed by atoms with Gasteiger partial charge in [-0.05, 0) is 0 Å². The fourth-order valence-electron chi connectivity index (χ4n) is 1.93. The monoisotopic (exact) mass is 263 g/mol. The van der Waals surface area contributed by atoms with Gasteiger partial charge < -0.3 is 29.4 Å². The lowest BCUT2D eigenvalue weighted by Crippen LogP contribution is -2.64. The van der Waals surface area contributed by atoms with Crippen LogP contribution in [0.4, 0.5) is 4.79 Å². The third kappa shape index (κ3) is 3.09. The summed E-state index contributed by atoms with van der Waals surface area (Å²) in [6.45, 7) is 0.110. The van der Waals surface area contributed by atoms with Gasteiger partial charge in [-0.25, -0.2) is 9.59 Å². The first kappa shape index (κ1) is 14.7. The highest BCUT2D eigenvalue weighted by molar-refractivity contribution is 5.76. The number of rotatable bonds is 6. The van der Waals surface area contributed by atoms with E-state index in [0.717, 1.165) is 0 Å². The Morgan fingerprint density at radius 1 is 1.50 bits per heavy atom. The van der Waals surface area contributed by atoms with Crippen molar-refractivity contribution in [2.24, 2.45) is 0 Å². The number of carbonyl (C=O) groups excluding carboxylic acids is 1. The lowest BCUT2D eigenvalue weighted by molar-refractivity contribution is -0.159. The van der Waals surface area contributed by atoms with Crippen molar-refractivity contribution in [3.8, 4) is 0 Å². The number of methoxy groups -OCH3 is 3. The number of ether oxygens (including phenoxy) is 4. The zero-order chi connectivity index (χ0) is 13.7. The van der Waals surface area contributed by atoms with E-state index in [0.29, 0.717) is 0 Å². The Morgan fingerprint density at radius 3 is 2.61 bits per heavy atom. The summed E-state index contributed by atoms with van der Waals surface area (Å²) in [6.07, 6.45) is -3.31. The quantitative estimate of drug-likeness (QED) is 0.648. The van der Waals surface area contributed by atoms with E-state index in [1.165, 1.54) is 21.3 Å². The Balaban J connectivity index is 2.91. The summed E-state index contributed by atoms with van der Waals surface area (Å²) >= 11 is 0. The number of hydrogen-bond acceptors (Lipinski definition) is 6. The topological polar surface area (TPSA) is 103 Å². The van der Waals surface area contributed by atoms with Crippen LogP contribution in [0.15, 0.2) is 0 Å². The minimum atomic E-state index is -1.22. The molecule has 0 aromatic heterocycles.